The van der Waals surface area contributed by atoms with Crippen molar-refractivity contribution in [3.8, 4) is 11.8 Å². The van der Waals surface area contributed by atoms with Crippen molar-refractivity contribution in [3.63, 3.8) is 0 Å². The molecule has 0 saturated carbocycles. The van der Waals surface area contributed by atoms with Gasteiger partial charge in [-0.3, -0.25) is 0 Å². The lowest BCUT2D eigenvalue weighted by Gasteiger charge is -2.09. The van der Waals surface area contributed by atoms with Crippen LogP contribution in [0, 0.1) is 17.1 Å². The third kappa shape index (κ3) is 2.98. The Kier molecular flexibility index (Phi) is 4.06. The van der Waals surface area contributed by atoms with E-state index in [1.165, 1.54) is 24.3 Å². The summed E-state index contributed by atoms with van der Waals surface area (Å²) in [7, 11) is -4.36. The zero-order valence-corrected chi connectivity index (χ0v) is 12.3. The Morgan fingerprint density at radius 1 is 1.20 bits per heavy atom. The van der Waals surface area contributed by atoms with Crippen molar-refractivity contribution in [2.75, 3.05) is 0 Å². The average Bonchev–Trinajstić information content (AvgIpc) is 2.41. The molecule has 20 heavy (non-hydrogen) atoms. The summed E-state index contributed by atoms with van der Waals surface area (Å²) in [6.45, 7) is 0. The van der Waals surface area contributed by atoms with Crippen LogP contribution in [0.4, 0.5) is 4.39 Å². The van der Waals surface area contributed by atoms with Crippen LogP contribution in [0.5, 0.6) is 5.75 Å². The first-order chi connectivity index (χ1) is 9.44. The Balaban J connectivity index is 2.47. The van der Waals surface area contributed by atoms with Crippen molar-refractivity contribution in [1.82, 2.24) is 0 Å². The molecule has 0 aliphatic carbocycles. The van der Waals surface area contributed by atoms with Gasteiger partial charge in [-0.1, -0.05) is 28.1 Å². The van der Waals surface area contributed by atoms with Crippen LogP contribution < -0.4 is 4.18 Å². The van der Waals surface area contributed by atoms with E-state index in [-0.39, 0.29) is 11.3 Å². The number of para-hydroxylation sites is 1. The SMILES string of the molecule is N#Cc1ccccc1OS(=O)(=O)c1cc(Br)ccc1F. The molecular formula is C13H7BrFNO3S. The third-order valence-electron chi connectivity index (χ3n) is 2.37. The topological polar surface area (TPSA) is 67.2 Å². The van der Waals surface area contributed by atoms with Crippen LogP contribution in [0.25, 0.3) is 0 Å². The van der Waals surface area contributed by atoms with Crippen molar-refractivity contribution in [2.24, 2.45) is 0 Å². The Morgan fingerprint density at radius 3 is 2.60 bits per heavy atom. The lowest BCUT2D eigenvalue weighted by Crippen LogP contribution is -2.12. The van der Waals surface area contributed by atoms with Gasteiger partial charge in [0.2, 0.25) is 0 Å². The molecular weight excluding hydrogens is 349 g/mol. The maximum atomic E-state index is 13.6. The molecule has 102 valence electrons. The van der Waals surface area contributed by atoms with Gasteiger partial charge in [0.05, 0.1) is 5.56 Å². The minimum absolute atomic E-state index is 0.0477. The van der Waals surface area contributed by atoms with Crippen LogP contribution in [0.2, 0.25) is 0 Å². The number of hydrogen-bond donors (Lipinski definition) is 0. The summed E-state index contributed by atoms with van der Waals surface area (Å²) in [5, 5.41) is 8.88. The van der Waals surface area contributed by atoms with Crippen molar-refractivity contribution in [2.45, 2.75) is 4.90 Å². The number of nitriles is 1. The van der Waals surface area contributed by atoms with Crippen LogP contribution in [-0.2, 0) is 10.1 Å². The maximum absolute atomic E-state index is 13.6. The molecule has 0 aliphatic heterocycles. The van der Waals surface area contributed by atoms with Gasteiger partial charge in [-0.05, 0) is 30.3 Å². The molecule has 4 nitrogen and oxygen atoms in total. The average molecular weight is 356 g/mol. The van der Waals surface area contributed by atoms with E-state index >= 15 is 0 Å². The van der Waals surface area contributed by atoms with E-state index in [4.69, 9.17) is 9.44 Å². The molecule has 0 aliphatic rings. The highest BCUT2D eigenvalue weighted by Gasteiger charge is 2.23. The standard InChI is InChI=1S/C13H7BrFNO3S/c14-10-5-6-11(15)13(7-10)20(17,18)19-12-4-2-1-3-9(12)8-16/h1-7H. The Morgan fingerprint density at radius 2 is 1.90 bits per heavy atom. The van der Waals surface area contributed by atoms with Crippen molar-refractivity contribution in [3.05, 3.63) is 58.3 Å². The lowest BCUT2D eigenvalue weighted by molar-refractivity contribution is 0.475. The van der Waals surface area contributed by atoms with E-state index < -0.39 is 20.8 Å². The predicted molar refractivity (Wildman–Crippen MR) is 73.1 cm³/mol. The molecule has 0 unspecified atom stereocenters. The van der Waals surface area contributed by atoms with Crippen LogP contribution in [0.3, 0.4) is 0 Å². The normalized spacial score (nSPS) is 10.8. The van der Waals surface area contributed by atoms with E-state index in [2.05, 4.69) is 15.9 Å². The molecule has 0 atom stereocenters. The third-order valence-corrected chi connectivity index (χ3v) is 4.11. The second-order valence-electron chi connectivity index (χ2n) is 3.72. The van der Waals surface area contributed by atoms with Crippen LogP contribution in [0.1, 0.15) is 5.56 Å². The van der Waals surface area contributed by atoms with E-state index in [0.717, 1.165) is 12.1 Å². The summed E-state index contributed by atoms with van der Waals surface area (Å²) >= 11 is 3.06. The summed E-state index contributed by atoms with van der Waals surface area (Å²) in [6, 6.07) is 11.1. The fraction of sp³-hybridized carbons (Fsp3) is 0. The van der Waals surface area contributed by atoms with Crippen LogP contribution >= 0.6 is 15.9 Å². The summed E-state index contributed by atoms with van der Waals surface area (Å²) in [4.78, 5) is -0.598. The molecule has 0 N–H and O–H groups in total. The van der Waals surface area contributed by atoms with Gasteiger partial charge >= 0.3 is 10.1 Å². The molecule has 7 heteroatoms. The molecule has 0 spiro atoms. The highest BCUT2D eigenvalue weighted by molar-refractivity contribution is 9.10. The zero-order chi connectivity index (χ0) is 14.8. The number of benzene rings is 2. The van der Waals surface area contributed by atoms with Gasteiger partial charge in [-0.15, -0.1) is 0 Å². The molecule has 0 heterocycles. The molecule has 0 radical (unpaired) electrons. The fourth-order valence-corrected chi connectivity index (χ4v) is 3.03. The van der Waals surface area contributed by atoms with Gasteiger partial charge in [-0.2, -0.15) is 13.7 Å². The van der Waals surface area contributed by atoms with Crippen LogP contribution in [-0.4, -0.2) is 8.42 Å². The second-order valence-corrected chi connectivity index (χ2v) is 6.15. The molecule has 0 saturated heterocycles. The molecule has 0 aromatic heterocycles. The summed E-state index contributed by atoms with van der Waals surface area (Å²) in [6.07, 6.45) is 0. The van der Waals surface area contributed by atoms with Gasteiger partial charge in [0.15, 0.2) is 5.75 Å². The Labute approximate surface area is 123 Å². The molecule has 2 aromatic carbocycles. The first-order valence-electron chi connectivity index (χ1n) is 5.33. The van der Waals surface area contributed by atoms with E-state index in [1.54, 1.807) is 12.1 Å². The number of nitrogens with zero attached hydrogens (tertiary/aromatic N) is 1. The highest BCUT2D eigenvalue weighted by Crippen LogP contribution is 2.25. The van der Waals surface area contributed by atoms with Gasteiger partial charge < -0.3 is 4.18 Å². The fourth-order valence-electron chi connectivity index (χ4n) is 1.46. The largest absolute Gasteiger partial charge is 0.377 e. The van der Waals surface area contributed by atoms with Gasteiger partial charge in [0.25, 0.3) is 0 Å². The molecule has 0 amide bonds. The molecule has 0 bridgehead atoms. The predicted octanol–water partition coefficient (Wildman–Crippen LogP) is 3.23. The molecule has 2 aromatic rings. The minimum atomic E-state index is -4.36. The van der Waals surface area contributed by atoms with Gasteiger partial charge in [-0.25, -0.2) is 4.39 Å². The Bertz CT molecular complexity index is 800. The molecule has 2 rings (SSSR count). The second kappa shape index (κ2) is 5.61. The van der Waals surface area contributed by atoms with Crippen molar-refractivity contribution >= 4 is 26.0 Å². The lowest BCUT2D eigenvalue weighted by atomic mass is 10.2. The zero-order valence-electron chi connectivity index (χ0n) is 9.88. The number of hydrogen-bond acceptors (Lipinski definition) is 4. The highest BCUT2D eigenvalue weighted by atomic mass is 79.9. The van der Waals surface area contributed by atoms with Crippen molar-refractivity contribution in [1.29, 1.82) is 5.26 Å². The van der Waals surface area contributed by atoms with E-state index in [9.17, 15) is 12.8 Å². The smallest absolute Gasteiger partial charge is 0.342 e. The first-order valence-corrected chi connectivity index (χ1v) is 7.53. The quantitative estimate of drug-likeness (QED) is 0.792. The van der Waals surface area contributed by atoms with Crippen molar-refractivity contribution < 1.29 is 17.0 Å². The Hall–Kier alpha value is -1.91. The van der Waals surface area contributed by atoms with Crippen LogP contribution in [0.15, 0.2) is 51.8 Å². The monoisotopic (exact) mass is 355 g/mol. The number of rotatable bonds is 3. The van der Waals surface area contributed by atoms with Gasteiger partial charge in [0, 0.05) is 4.47 Å². The number of halogens is 2. The molecule has 0 fully saturated rings. The minimum Gasteiger partial charge on any atom is -0.377 e. The summed E-state index contributed by atoms with van der Waals surface area (Å²) in [5.41, 5.74) is 0.0477. The van der Waals surface area contributed by atoms with E-state index in [1.807, 2.05) is 0 Å². The summed E-state index contributed by atoms with van der Waals surface area (Å²) in [5.74, 6) is -1.07. The van der Waals surface area contributed by atoms with Gasteiger partial charge in [0.1, 0.15) is 16.8 Å². The summed E-state index contributed by atoms with van der Waals surface area (Å²) < 4.78 is 42.9. The first kappa shape index (κ1) is 14.5. The maximum Gasteiger partial charge on any atom is 0.342 e. The van der Waals surface area contributed by atoms with E-state index in [0.29, 0.717) is 4.47 Å².